The third kappa shape index (κ3) is 6.61. The van der Waals surface area contributed by atoms with Crippen LogP contribution < -0.4 is 4.90 Å². The van der Waals surface area contributed by atoms with Gasteiger partial charge in [0.1, 0.15) is 0 Å². The lowest BCUT2D eigenvalue weighted by atomic mass is 9.73. The first-order valence-electron chi connectivity index (χ1n) is 21.2. The van der Waals surface area contributed by atoms with Crippen LogP contribution in [0, 0.1) is 0 Å². The lowest BCUT2D eigenvalue weighted by Crippen LogP contribution is -2.23. The lowest BCUT2D eigenvalue weighted by molar-refractivity contribution is 0.490. The second-order valence-electron chi connectivity index (χ2n) is 15.8. The molecule has 0 N–H and O–H groups in total. The maximum atomic E-state index is 4.93. The molecule has 8 aromatic carbocycles. The number of rotatable bonds is 10. The number of hydrogen-bond acceptors (Lipinski definition) is 2. The predicted molar refractivity (Wildman–Crippen MR) is 255 cm³/mol. The van der Waals surface area contributed by atoms with E-state index < -0.39 is 0 Å². The van der Waals surface area contributed by atoms with E-state index in [9.17, 15) is 0 Å². The van der Waals surface area contributed by atoms with E-state index in [1.54, 1.807) is 0 Å². The molecule has 288 valence electrons. The number of pyridine rings is 1. The highest BCUT2D eigenvalue weighted by Crippen LogP contribution is 2.54. The van der Waals surface area contributed by atoms with Gasteiger partial charge in [0, 0.05) is 39.6 Å². The maximum absolute atomic E-state index is 4.93. The highest BCUT2D eigenvalue weighted by Gasteiger charge is 2.41. The fourth-order valence-corrected chi connectivity index (χ4v) is 9.46. The Morgan fingerprint density at radius 3 is 1.70 bits per heavy atom. The summed E-state index contributed by atoms with van der Waals surface area (Å²) in [4.78, 5) is 7.31. The van der Waals surface area contributed by atoms with Crippen molar-refractivity contribution in [3.8, 4) is 44.6 Å². The van der Waals surface area contributed by atoms with Gasteiger partial charge in [-0.1, -0.05) is 178 Å². The molecule has 0 spiro atoms. The van der Waals surface area contributed by atoms with Crippen LogP contribution in [0.3, 0.4) is 0 Å². The number of anilines is 3. The molecule has 2 nitrogen and oxygen atoms in total. The van der Waals surface area contributed by atoms with Crippen molar-refractivity contribution in [3.63, 3.8) is 0 Å². The van der Waals surface area contributed by atoms with Gasteiger partial charge in [0.25, 0.3) is 0 Å². The highest BCUT2D eigenvalue weighted by molar-refractivity contribution is 5.99. The molecule has 0 saturated heterocycles. The molecule has 60 heavy (non-hydrogen) atoms. The molecule has 9 aromatic rings. The van der Waals surface area contributed by atoms with Gasteiger partial charge in [0.2, 0.25) is 0 Å². The van der Waals surface area contributed by atoms with Crippen LogP contribution in [0.25, 0.3) is 67.6 Å². The molecule has 1 heterocycles. The minimum atomic E-state index is -0.0733. The number of benzene rings is 8. The highest BCUT2D eigenvalue weighted by atomic mass is 15.1. The molecular formula is C58H46N2. The molecule has 0 fully saturated rings. The molecule has 1 aliphatic rings. The van der Waals surface area contributed by atoms with E-state index in [1.165, 1.54) is 55.6 Å². The van der Waals surface area contributed by atoms with E-state index in [0.717, 1.165) is 52.0 Å². The van der Waals surface area contributed by atoms with E-state index in [1.807, 2.05) is 6.20 Å². The fraction of sp³-hybridized carbons (Fsp3) is 0.0862. The number of aromatic nitrogens is 1. The second-order valence-corrected chi connectivity index (χ2v) is 15.8. The van der Waals surface area contributed by atoms with Crippen LogP contribution in [0.2, 0.25) is 0 Å². The molecule has 0 bridgehead atoms. The largest absolute Gasteiger partial charge is 0.310 e. The molecule has 2 heteroatoms. The summed E-state index contributed by atoms with van der Waals surface area (Å²) in [5, 5.41) is 2.34. The van der Waals surface area contributed by atoms with Gasteiger partial charge in [-0.2, -0.15) is 0 Å². The summed E-state index contributed by atoms with van der Waals surface area (Å²) in [6, 6.07) is 72.6. The Kier molecular flexibility index (Phi) is 9.75. The molecule has 10 rings (SSSR count). The summed E-state index contributed by atoms with van der Waals surface area (Å²) >= 11 is 0. The van der Waals surface area contributed by atoms with E-state index >= 15 is 0 Å². The van der Waals surface area contributed by atoms with E-state index in [-0.39, 0.29) is 5.41 Å². The SMILES string of the molecule is CCC1(CC)c2cc(/C=C/c3ccc(-c4cc(-c5ccccc5)ccc4-c4nccc5ccccc45)cc3)ccc2-c2ccc(N(c3ccccc3)c3ccccc3)cc21. The molecular weight excluding hydrogens is 725 g/mol. The van der Waals surface area contributed by atoms with Gasteiger partial charge in [-0.25, -0.2) is 0 Å². The molecule has 0 unspecified atom stereocenters. The minimum Gasteiger partial charge on any atom is -0.310 e. The van der Waals surface area contributed by atoms with E-state index in [4.69, 9.17) is 4.98 Å². The topological polar surface area (TPSA) is 16.1 Å². The third-order valence-corrected chi connectivity index (χ3v) is 12.6. The Balaban J connectivity index is 0.978. The summed E-state index contributed by atoms with van der Waals surface area (Å²) in [7, 11) is 0. The van der Waals surface area contributed by atoms with Crippen LogP contribution >= 0.6 is 0 Å². The van der Waals surface area contributed by atoms with Gasteiger partial charge < -0.3 is 4.90 Å². The number of nitrogens with zero attached hydrogens (tertiary/aromatic N) is 2. The smallest absolute Gasteiger partial charge is 0.0786 e. The number of fused-ring (bicyclic) bond motifs is 4. The van der Waals surface area contributed by atoms with Gasteiger partial charge in [-0.05, 0) is 122 Å². The van der Waals surface area contributed by atoms with Crippen molar-refractivity contribution in [2.75, 3.05) is 4.90 Å². The van der Waals surface area contributed by atoms with Gasteiger partial charge in [-0.3, -0.25) is 4.98 Å². The van der Waals surface area contributed by atoms with Gasteiger partial charge in [0.15, 0.2) is 0 Å². The first-order valence-corrected chi connectivity index (χ1v) is 21.2. The van der Waals surface area contributed by atoms with Crippen LogP contribution in [0.5, 0.6) is 0 Å². The van der Waals surface area contributed by atoms with Gasteiger partial charge in [0.05, 0.1) is 5.69 Å². The van der Waals surface area contributed by atoms with Crippen molar-refractivity contribution in [2.45, 2.75) is 32.1 Å². The Hall–Kier alpha value is -7.29. The monoisotopic (exact) mass is 770 g/mol. The Morgan fingerprint density at radius 2 is 1.00 bits per heavy atom. The van der Waals surface area contributed by atoms with Crippen molar-refractivity contribution in [1.29, 1.82) is 0 Å². The average Bonchev–Trinajstić information content (AvgIpc) is 3.60. The standard InChI is InChI=1S/C58H46N2/c1-3-58(4-2)55-38-42(28-33-51(55)52-35-32-49(40-56(52)58)60(47-19-10-6-11-20-47)48-21-12-7-13-22-48)25-24-41-26-29-45(30-27-41)54-39-46(43-16-8-5-9-17-43)31-34-53(54)57-50-23-15-14-18-44(50)36-37-59-57/h5-40H,3-4H2,1-2H3/b25-24+. The second kappa shape index (κ2) is 15.8. The predicted octanol–water partition coefficient (Wildman–Crippen LogP) is 16.0. The quantitative estimate of drug-likeness (QED) is 0.129. The van der Waals surface area contributed by atoms with Crippen LogP contribution in [0.15, 0.2) is 206 Å². The van der Waals surface area contributed by atoms with Crippen molar-refractivity contribution < 1.29 is 0 Å². The van der Waals surface area contributed by atoms with Crippen molar-refractivity contribution in [3.05, 3.63) is 229 Å². The van der Waals surface area contributed by atoms with Crippen molar-refractivity contribution in [1.82, 2.24) is 4.98 Å². The zero-order valence-corrected chi connectivity index (χ0v) is 34.1. The minimum absolute atomic E-state index is 0.0733. The summed E-state index contributed by atoms with van der Waals surface area (Å²) in [5.41, 5.74) is 18.2. The van der Waals surface area contributed by atoms with Crippen LogP contribution in [-0.4, -0.2) is 4.98 Å². The summed E-state index contributed by atoms with van der Waals surface area (Å²) in [6.45, 7) is 4.70. The fourth-order valence-electron chi connectivity index (χ4n) is 9.46. The van der Waals surface area contributed by atoms with Gasteiger partial charge >= 0.3 is 0 Å². The van der Waals surface area contributed by atoms with E-state index in [2.05, 4.69) is 231 Å². The molecule has 0 saturated carbocycles. The summed E-state index contributed by atoms with van der Waals surface area (Å²) in [5.74, 6) is 0. The number of para-hydroxylation sites is 2. The molecule has 0 amide bonds. The molecule has 1 aliphatic carbocycles. The maximum Gasteiger partial charge on any atom is 0.0786 e. The Morgan fingerprint density at radius 1 is 0.433 bits per heavy atom. The normalized spacial score (nSPS) is 12.7. The lowest BCUT2D eigenvalue weighted by Gasteiger charge is -2.32. The first kappa shape index (κ1) is 37.0. The van der Waals surface area contributed by atoms with E-state index in [0.29, 0.717) is 0 Å². The third-order valence-electron chi connectivity index (χ3n) is 12.6. The average molecular weight is 771 g/mol. The van der Waals surface area contributed by atoms with Crippen LogP contribution in [0.1, 0.15) is 48.9 Å². The number of hydrogen-bond donors (Lipinski definition) is 0. The Bertz CT molecular complexity index is 2940. The summed E-state index contributed by atoms with van der Waals surface area (Å²) < 4.78 is 0. The molecule has 0 radical (unpaired) electrons. The summed E-state index contributed by atoms with van der Waals surface area (Å²) in [6.07, 6.45) is 8.50. The zero-order chi connectivity index (χ0) is 40.5. The van der Waals surface area contributed by atoms with Crippen LogP contribution in [-0.2, 0) is 5.41 Å². The van der Waals surface area contributed by atoms with Crippen molar-refractivity contribution in [2.24, 2.45) is 0 Å². The van der Waals surface area contributed by atoms with Crippen molar-refractivity contribution >= 4 is 40.0 Å². The molecule has 0 atom stereocenters. The Labute approximate surface area is 353 Å². The molecule has 1 aromatic heterocycles. The zero-order valence-electron chi connectivity index (χ0n) is 34.1. The first-order chi connectivity index (χ1) is 29.6. The van der Waals surface area contributed by atoms with Crippen LogP contribution in [0.4, 0.5) is 17.1 Å². The van der Waals surface area contributed by atoms with Gasteiger partial charge in [-0.15, -0.1) is 0 Å². The molecule has 0 aliphatic heterocycles.